The molecule has 0 radical (unpaired) electrons. The quantitative estimate of drug-likeness (QED) is 0.152. The first-order valence-electron chi connectivity index (χ1n) is 16.3. The van der Waals surface area contributed by atoms with Gasteiger partial charge in [-0.25, -0.2) is 0 Å². The summed E-state index contributed by atoms with van der Waals surface area (Å²) in [5.41, 5.74) is 2.95. The zero-order valence-corrected chi connectivity index (χ0v) is 28.0. The maximum absolute atomic E-state index is 11.7. The van der Waals surface area contributed by atoms with Crippen LogP contribution in [0.5, 0.6) is 0 Å². The minimum absolute atomic E-state index is 0.0173. The van der Waals surface area contributed by atoms with Crippen LogP contribution in [0.15, 0.2) is 103 Å². The van der Waals surface area contributed by atoms with Crippen molar-refractivity contribution in [1.29, 1.82) is 0 Å². The molecule has 8 unspecified atom stereocenters. The molecule has 11 heteroatoms. The minimum Gasteiger partial charge on any atom is -0.463 e. The molecule has 49 heavy (non-hydrogen) atoms. The molecule has 2 heterocycles. The van der Waals surface area contributed by atoms with Crippen LogP contribution < -0.4 is 0 Å². The van der Waals surface area contributed by atoms with Gasteiger partial charge in [-0.2, -0.15) is 0 Å². The Labute approximate surface area is 286 Å². The Bertz CT molecular complexity index is 1450. The van der Waals surface area contributed by atoms with E-state index in [1.54, 1.807) is 19.3 Å². The van der Waals surface area contributed by atoms with Crippen LogP contribution in [0.3, 0.4) is 0 Å². The van der Waals surface area contributed by atoms with E-state index in [9.17, 15) is 9.59 Å². The number of carbonyl (C=O) groups excluding carboxylic acids is 2. The molecule has 0 aromatic heterocycles. The van der Waals surface area contributed by atoms with Crippen molar-refractivity contribution in [3.8, 4) is 0 Å². The summed E-state index contributed by atoms with van der Waals surface area (Å²) in [6.45, 7) is 3.38. The van der Waals surface area contributed by atoms with Gasteiger partial charge >= 0.3 is 11.9 Å². The summed E-state index contributed by atoms with van der Waals surface area (Å²) in [6, 6.07) is 29.5. The molecular weight excluding hydrogens is 632 g/mol. The van der Waals surface area contributed by atoms with Crippen LogP contribution in [0.4, 0.5) is 0 Å². The molecule has 5 rings (SSSR count). The van der Waals surface area contributed by atoms with Gasteiger partial charge in [-0.1, -0.05) is 91.0 Å². The Kier molecular flexibility index (Phi) is 13.9. The minimum atomic E-state index is -0.859. The van der Waals surface area contributed by atoms with E-state index in [0.717, 1.165) is 16.7 Å². The Morgan fingerprint density at radius 2 is 1.12 bits per heavy atom. The van der Waals surface area contributed by atoms with Gasteiger partial charge in [0, 0.05) is 21.0 Å². The number of rotatable bonds is 16. The molecular formula is C38H44O11. The van der Waals surface area contributed by atoms with Gasteiger partial charge in [0.1, 0.15) is 43.2 Å². The highest BCUT2D eigenvalue weighted by molar-refractivity contribution is 5.66. The van der Waals surface area contributed by atoms with Crippen LogP contribution in [0.2, 0.25) is 0 Å². The largest absolute Gasteiger partial charge is 0.463 e. The fourth-order valence-corrected chi connectivity index (χ4v) is 5.61. The van der Waals surface area contributed by atoms with Crippen molar-refractivity contribution in [3.63, 3.8) is 0 Å². The second-order valence-electron chi connectivity index (χ2n) is 11.7. The van der Waals surface area contributed by atoms with Crippen LogP contribution in [-0.2, 0) is 72.0 Å². The molecule has 1 saturated heterocycles. The van der Waals surface area contributed by atoms with E-state index in [1.165, 1.54) is 13.8 Å². The molecule has 11 nitrogen and oxygen atoms in total. The van der Waals surface area contributed by atoms with Crippen LogP contribution in [0.25, 0.3) is 0 Å². The predicted octanol–water partition coefficient (Wildman–Crippen LogP) is 4.91. The summed E-state index contributed by atoms with van der Waals surface area (Å²) in [5.74, 6) is -0.974. The standard InChI is InChI=1S/C38H44O11/c1-26(39)42-24-32-31(47-27(2)40)19-20-34(48-32)43-25-33-35(44-21-28-13-7-4-8-14-28)36(45-22-29-15-9-5-10-16-29)37(38(41-3)49-33)46-23-30-17-11-6-12-18-30/h4-20,31-38H,21-25H2,1-3H3. The second kappa shape index (κ2) is 18.7. The number of carbonyl (C=O) groups is 2. The molecule has 2 aliphatic rings. The average molecular weight is 677 g/mol. The van der Waals surface area contributed by atoms with Gasteiger partial charge in [-0.15, -0.1) is 0 Å². The summed E-state index contributed by atoms with van der Waals surface area (Å²) >= 11 is 0. The number of methoxy groups -OCH3 is 1. The molecule has 262 valence electrons. The fourth-order valence-electron chi connectivity index (χ4n) is 5.61. The van der Waals surface area contributed by atoms with Crippen molar-refractivity contribution >= 4 is 11.9 Å². The van der Waals surface area contributed by atoms with Gasteiger partial charge < -0.3 is 42.6 Å². The number of hydrogen-bond acceptors (Lipinski definition) is 11. The fraction of sp³-hybridized carbons (Fsp3) is 0.421. The monoisotopic (exact) mass is 676 g/mol. The van der Waals surface area contributed by atoms with Gasteiger partial charge in [0.15, 0.2) is 12.6 Å². The van der Waals surface area contributed by atoms with Crippen molar-refractivity contribution in [2.24, 2.45) is 0 Å². The zero-order chi connectivity index (χ0) is 34.4. The Morgan fingerprint density at radius 1 is 0.592 bits per heavy atom. The first-order chi connectivity index (χ1) is 23.9. The smallest absolute Gasteiger partial charge is 0.303 e. The maximum Gasteiger partial charge on any atom is 0.303 e. The average Bonchev–Trinajstić information content (AvgIpc) is 3.12. The van der Waals surface area contributed by atoms with Gasteiger partial charge in [-0.05, 0) is 28.8 Å². The van der Waals surface area contributed by atoms with Crippen LogP contribution >= 0.6 is 0 Å². The predicted molar refractivity (Wildman–Crippen MR) is 177 cm³/mol. The summed E-state index contributed by atoms with van der Waals surface area (Å²) in [7, 11) is 1.56. The molecule has 3 aromatic carbocycles. The lowest BCUT2D eigenvalue weighted by atomic mass is 9.97. The Morgan fingerprint density at radius 3 is 1.63 bits per heavy atom. The third-order valence-corrected chi connectivity index (χ3v) is 7.99. The molecule has 8 atom stereocenters. The second-order valence-corrected chi connectivity index (χ2v) is 11.7. The first kappa shape index (κ1) is 36.3. The summed E-state index contributed by atoms with van der Waals surface area (Å²) in [6.07, 6.45) is -2.52. The van der Waals surface area contributed by atoms with E-state index in [2.05, 4.69) is 0 Å². The van der Waals surface area contributed by atoms with Gasteiger partial charge in [0.25, 0.3) is 0 Å². The Balaban J connectivity index is 1.38. The molecule has 3 aromatic rings. The lowest BCUT2D eigenvalue weighted by molar-refractivity contribution is -0.327. The third kappa shape index (κ3) is 11.0. The molecule has 0 spiro atoms. The van der Waals surface area contributed by atoms with E-state index in [4.69, 9.17) is 42.6 Å². The van der Waals surface area contributed by atoms with Crippen LogP contribution in [0, 0.1) is 0 Å². The van der Waals surface area contributed by atoms with Crippen molar-refractivity contribution in [3.05, 3.63) is 120 Å². The highest BCUT2D eigenvalue weighted by Crippen LogP contribution is 2.32. The van der Waals surface area contributed by atoms with Crippen LogP contribution in [0.1, 0.15) is 30.5 Å². The van der Waals surface area contributed by atoms with Gasteiger partial charge in [0.05, 0.1) is 26.4 Å². The number of esters is 2. The molecule has 2 aliphatic heterocycles. The zero-order valence-electron chi connectivity index (χ0n) is 28.0. The number of hydrogen-bond donors (Lipinski definition) is 0. The lowest BCUT2D eigenvalue weighted by Gasteiger charge is -2.45. The van der Waals surface area contributed by atoms with E-state index in [0.29, 0.717) is 13.2 Å². The van der Waals surface area contributed by atoms with Crippen molar-refractivity contribution < 1.29 is 52.2 Å². The summed E-state index contributed by atoms with van der Waals surface area (Å²) < 4.78 is 54.9. The highest BCUT2D eigenvalue weighted by Gasteiger charge is 2.49. The highest BCUT2D eigenvalue weighted by atomic mass is 16.7. The van der Waals surface area contributed by atoms with E-state index < -0.39 is 61.1 Å². The van der Waals surface area contributed by atoms with E-state index in [1.807, 2.05) is 91.0 Å². The van der Waals surface area contributed by atoms with Crippen LogP contribution in [-0.4, -0.2) is 81.5 Å². The number of ether oxygens (including phenoxy) is 9. The molecule has 0 aliphatic carbocycles. The normalized spacial score (nSPS) is 26.6. The molecule has 1 fully saturated rings. The lowest BCUT2D eigenvalue weighted by Crippen LogP contribution is -2.61. The van der Waals surface area contributed by atoms with E-state index in [-0.39, 0.29) is 19.8 Å². The number of benzene rings is 3. The first-order valence-corrected chi connectivity index (χ1v) is 16.3. The SMILES string of the molecule is COC1OC(COC2C=CC(OC(C)=O)C(COC(C)=O)O2)C(OCc2ccccc2)C(OCc2ccccc2)C1OCc1ccccc1. The molecule has 0 bridgehead atoms. The third-order valence-electron chi connectivity index (χ3n) is 7.99. The maximum atomic E-state index is 11.7. The molecule has 0 N–H and O–H groups in total. The topological polar surface area (TPSA) is 117 Å². The van der Waals surface area contributed by atoms with E-state index >= 15 is 0 Å². The molecule has 0 amide bonds. The molecule has 0 saturated carbocycles. The summed E-state index contributed by atoms with van der Waals surface area (Å²) in [5, 5.41) is 0. The van der Waals surface area contributed by atoms with Crippen molar-refractivity contribution in [2.45, 2.75) is 82.9 Å². The van der Waals surface area contributed by atoms with Gasteiger partial charge in [-0.3, -0.25) is 9.59 Å². The van der Waals surface area contributed by atoms with Crippen molar-refractivity contribution in [2.75, 3.05) is 20.3 Å². The Hall–Kier alpha value is -3.94. The summed E-state index contributed by atoms with van der Waals surface area (Å²) in [4.78, 5) is 23.2. The van der Waals surface area contributed by atoms with Crippen molar-refractivity contribution in [1.82, 2.24) is 0 Å². The van der Waals surface area contributed by atoms with Gasteiger partial charge in [0.2, 0.25) is 0 Å².